The Kier molecular flexibility index (Phi) is 4.46. The predicted molar refractivity (Wildman–Crippen MR) is 88.0 cm³/mol. The number of rotatable bonds is 5. The highest BCUT2D eigenvalue weighted by molar-refractivity contribution is 6.05. The predicted octanol–water partition coefficient (Wildman–Crippen LogP) is 0.370. The van der Waals surface area contributed by atoms with Gasteiger partial charge in [-0.25, -0.2) is 9.78 Å². The molecule has 2 aromatic rings. The van der Waals surface area contributed by atoms with Gasteiger partial charge in [0.25, 0.3) is 5.91 Å². The summed E-state index contributed by atoms with van der Waals surface area (Å²) >= 11 is 0. The van der Waals surface area contributed by atoms with Gasteiger partial charge in [-0.2, -0.15) is 5.10 Å². The van der Waals surface area contributed by atoms with Gasteiger partial charge in [-0.15, -0.1) is 0 Å². The van der Waals surface area contributed by atoms with Crippen LogP contribution in [0.5, 0.6) is 0 Å². The quantitative estimate of drug-likeness (QED) is 0.763. The Morgan fingerprint density at radius 3 is 2.60 bits per heavy atom. The molecule has 1 unspecified atom stereocenters. The highest BCUT2D eigenvalue weighted by atomic mass is 16.2. The molecule has 1 aliphatic rings. The minimum absolute atomic E-state index is 0.0922. The third-order valence-electron chi connectivity index (χ3n) is 4.07. The number of imide groups is 1. The maximum absolute atomic E-state index is 12.1. The van der Waals surface area contributed by atoms with Crippen LogP contribution in [0.1, 0.15) is 12.2 Å². The van der Waals surface area contributed by atoms with E-state index in [2.05, 4.69) is 20.5 Å². The topological polar surface area (TPSA) is 111 Å². The summed E-state index contributed by atoms with van der Waals surface area (Å²) in [7, 11) is 2.91. The number of benzene rings is 1. The minimum atomic E-state index is -0.771. The molecule has 0 saturated carbocycles. The first-order valence-electron chi connectivity index (χ1n) is 7.75. The van der Waals surface area contributed by atoms with Crippen molar-refractivity contribution in [3.63, 3.8) is 0 Å². The maximum Gasteiger partial charge on any atom is 0.326 e. The number of carbonyl (C=O) groups is 3. The minimum Gasteiger partial charge on any atom is -0.349 e. The van der Waals surface area contributed by atoms with Crippen molar-refractivity contribution in [2.24, 2.45) is 0 Å². The van der Waals surface area contributed by atoms with Crippen molar-refractivity contribution in [2.75, 3.05) is 14.1 Å². The smallest absolute Gasteiger partial charge is 0.326 e. The summed E-state index contributed by atoms with van der Waals surface area (Å²) in [6, 6.07) is 8.28. The molecule has 1 aromatic carbocycles. The van der Waals surface area contributed by atoms with Crippen LogP contribution in [0.15, 0.2) is 30.3 Å². The SMILES string of the molecule is CN1C(=O)C(CC(=O)NCc2nc(-c3ccccc3)n[nH]2)N(C)C1=O. The Morgan fingerprint density at radius 1 is 1.24 bits per heavy atom. The molecular formula is C16H18N6O3. The number of likely N-dealkylation sites (N-methyl/N-ethyl adjacent to an activating group) is 2. The first-order chi connectivity index (χ1) is 12.0. The Labute approximate surface area is 144 Å². The van der Waals surface area contributed by atoms with Gasteiger partial charge in [-0.3, -0.25) is 19.6 Å². The van der Waals surface area contributed by atoms with Crippen molar-refractivity contribution in [2.45, 2.75) is 19.0 Å². The molecule has 1 saturated heterocycles. The third kappa shape index (κ3) is 3.35. The molecule has 9 nitrogen and oxygen atoms in total. The number of nitrogens with zero attached hydrogens (tertiary/aromatic N) is 4. The second kappa shape index (κ2) is 6.71. The van der Waals surface area contributed by atoms with E-state index in [0.29, 0.717) is 11.6 Å². The van der Waals surface area contributed by atoms with Crippen molar-refractivity contribution < 1.29 is 14.4 Å². The van der Waals surface area contributed by atoms with Gasteiger partial charge >= 0.3 is 6.03 Å². The zero-order valence-corrected chi connectivity index (χ0v) is 13.9. The van der Waals surface area contributed by atoms with Crippen LogP contribution in [-0.4, -0.2) is 63.0 Å². The molecule has 0 aliphatic carbocycles. The number of H-pyrrole nitrogens is 1. The van der Waals surface area contributed by atoms with Crippen LogP contribution in [0.4, 0.5) is 4.79 Å². The second-order valence-corrected chi connectivity index (χ2v) is 5.76. The summed E-state index contributed by atoms with van der Waals surface area (Å²) < 4.78 is 0. The molecule has 1 aliphatic heterocycles. The standard InChI is InChI=1S/C16H18N6O3/c1-21-11(15(24)22(2)16(21)25)8-13(23)17-9-12-18-14(20-19-12)10-6-4-3-5-7-10/h3-7,11H,8-9H2,1-2H3,(H,17,23)(H,18,19,20). The fraction of sp³-hybridized carbons (Fsp3) is 0.312. The first-order valence-corrected chi connectivity index (χ1v) is 7.75. The van der Waals surface area contributed by atoms with Crippen LogP contribution in [0.3, 0.4) is 0 Å². The Balaban J connectivity index is 1.56. The molecule has 0 bridgehead atoms. The molecule has 2 N–H and O–H groups in total. The summed E-state index contributed by atoms with van der Waals surface area (Å²) in [5.74, 6) is 0.328. The number of carbonyl (C=O) groups excluding carboxylic acids is 3. The molecule has 4 amide bonds. The van der Waals surface area contributed by atoms with Crippen LogP contribution >= 0.6 is 0 Å². The van der Waals surface area contributed by atoms with Crippen molar-refractivity contribution in [3.05, 3.63) is 36.2 Å². The van der Waals surface area contributed by atoms with E-state index in [1.165, 1.54) is 19.0 Å². The first kappa shape index (κ1) is 16.6. The van der Waals surface area contributed by atoms with Gasteiger partial charge in [0.1, 0.15) is 11.9 Å². The van der Waals surface area contributed by atoms with E-state index in [9.17, 15) is 14.4 Å². The van der Waals surface area contributed by atoms with Gasteiger partial charge in [0.2, 0.25) is 5.91 Å². The lowest BCUT2D eigenvalue weighted by atomic mass is 10.2. The largest absolute Gasteiger partial charge is 0.349 e. The van der Waals surface area contributed by atoms with E-state index >= 15 is 0 Å². The number of urea groups is 1. The van der Waals surface area contributed by atoms with Gasteiger partial charge in [-0.05, 0) is 0 Å². The van der Waals surface area contributed by atoms with E-state index in [1.54, 1.807) is 0 Å². The van der Waals surface area contributed by atoms with Crippen LogP contribution in [-0.2, 0) is 16.1 Å². The average Bonchev–Trinajstić information content (AvgIpc) is 3.17. The molecule has 0 spiro atoms. The average molecular weight is 342 g/mol. The summed E-state index contributed by atoms with van der Waals surface area (Å²) in [5.41, 5.74) is 0.871. The Hall–Kier alpha value is -3.23. The molecule has 130 valence electrons. The van der Waals surface area contributed by atoms with Crippen molar-refractivity contribution >= 4 is 17.8 Å². The fourth-order valence-electron chi connectivity index (χ4n) is 2.60. The molecule has 3 rings (SSSR count). The normalized spacial score (nSPS) is 17.3. The lowest BCUT2D eigenvalue weighted by molar-refractivity contribution is -0.131. The van der Waals surface area contributed by atoms with E-state index in [4.69, 9.17) is 0 Å². The van der Waals surface area contributed by atoms with E-state index in [-0.39, 0.29) is 24.8 Å². The summed E-state index contributed by atoms with van der Waals surface area (Å²) in [4.78, 5) is 42.3. The summed E-state index contributed by atoms with van der Waals surface area (Å²) in [5, 5.41) is 9.56. The second-order valence-electron chi connectivity index (χ2n) is 5.76. The molecule has 1 atom stereocenters. The van der Waals surface area contributed by atoms with Crippen LogP contribution in [0.25, 0.3) is 11.4 Å². The molecular weight excluding hydrogens is 324 g/mol. The van der Waals surface area contributed by atoms with E-state index < -0.39 is 12.1 Å². The van der Waals surface area contributed by atoms with Gasteiger partial charge in [-0.1, -0.05) is 30.3 Å². The van der Waals surface area contributed by atoms with Crippen molar-refractivity contribution in [3.8, 4) is 11.4 Å². The monoisotopic (exact) mass is 342 g/mol. The van der Waals surface area contributed by atoms with Crippen LogP contribution < -0.4 is 5.32 Å². The van der Waals surface area contributed by atoms with Crippen LogP contribution in [0, 0.1) is 0 Å². The van der Waals surface area contributed by atoms with Crippen molar-refractivity contribution in [1.29, 1.82) is 0 Å². The number of aromatic nitrogens is 3. The van der Waals surface area contributed by atoms with E-state index in [0.717, 1.165) is 10.5 Å². The highest BCUT2D eigenvalue weighted by Gasteiger charge is 2.41. The van der Waals surface area contributed by atoms with Crippen molar-refractivity contribution in [1.82, 2.24) is 30.3 Å². The molecule has 1 fully saturated rings. The molecule has 2 heterocycles. The number of hydrogen-bond acceptors (Lipinski definition) is 5. The fourth-order valence-corrected chi connectivity index (χ4v) is 2.60. The Morgan fingerprint density at radius 2 is 1.96 bits per heavy atom. The number of aromatic amines is 1. The number of nitrogens with one attached hydrogen (secondary N) is 2. The van der Waals surface area contributed by atoms with Gasteiger partial charge in [0.15, 0.2) is 5.82 Å². The third-order valence-corrected chi connectivity index (χ3v) is 4.07. The van der Waals surface area contributed by atoms with Crippen LogP contribution in [0.2, 0.25) is 0 Å². The number of amides is 4. The zero-order chi connectivity index (χ0) is 18.0. The zero-order valence-electron chi connectivity index (χ0n) is 13.9. The van der Waals surface area contributed by atoms with Gasteiger partial charge in [0, 0.05) is 19.7 Å². The van der Waals surface area contributed by atoms with E-state index in [1.807, 2.05) is 30.3 Å². The Bertz CT molecular complexity index is 803. The highest BCUT2D eigenvalue weighted by Crippen LogP contribution is 2.17. The lowest BCUT2D eigenvalue weighted by Gasteiger charge is -2.15. The maximum atomic E-state index is 12.1. The molecule has 9 heteroatoms. The summed E-state index contributed by atoms with van der Waals surface area (Å²) in [6.45, 7) is 0.160. The lowest BCUT2D eigenvalue weighted by Crippen LogP contribution is -2.37. The van der Waals surface area contributed by atoms with Gasteiger partial charge in [0.05, 0.1) is 13.0 Å². The summed E-state index contributed by atoms with van der Waals surface area (Å²) in [6.07, 6.45) is -0.0922. The van der Waals surface area contributed by atoms with Gasteiger partial charge < -0.3 is 10.2 Å². The molecule has 25 heavy (non-hydrogen) atoms. The number of hydrogen-bond donors (Lipinski definition) is 2. The molecule has 0 radical (unpaired) electrons. The molecule has 1 aromatic heterocycles.